The van der Waals surface area contributed by atoms with Crippen LogP contribution in [0.15, 0.2) is 27.8 Å². The van der Waals surface area contributed by atoms with Crippen LogP contribution < -0.4 is 16.6 Å². The molecule has 2 aromatic rings. The third kappa shape index (κ3) is 3.12. The molecule has 2 rings (SSSR count). The number of aromatic nitrogens is 2. The normalized spacial score (nSPS) is 12.1. The molecule has 0 spiro atoms. The number of fused-ring (bicyclic) bond motifs is 1. The molecule has 8 nitrogen and oxygen atoms in total. The van der Waals surface area contributed by atoms with Crippen molar-refractivity contribution >= 4 is 22.8 Å². The van der Waals surface area contributed by atoms with Crippen molar-refractivity contribution in [1.29, 1.82) is 0 Å². The number of hydrogen-bond donors (Lipinski definition) is 3. The summed E-state index contributed by atoms with van der Waals surface area (Å²) in [6.45, 7) is 0.586. The van der Waals surface area contributed by atoms with Crippen molar-refractivity contribution < 1.29 is 19.1 Å². The zero-order valence-corrected chi connectivity index (χ0v) is 12.1. The van der Waals surface area contributed by atoms with Gasteiger partial charge in [-0.15, -0.1) is 0 Å². The lowest BCUT2D eigenvalue weighted by molar-refractivity contribution is -0.139. The number of alkyl halides is 1. The van der Waals surface area contributed by atoms with E-state index in [2.05, 4.69) is 4.98 Å². The molecule has 0 radical (unpaired) electrons. The van der Waals surface area contributed by atoms with Gasteiger partial charge in [0.2, 0.25) is 0 Å². The summed E-state index contributed by atoms with van der Waals surface area (Å²) in [5, 5.41) is 10.9. The molecule has 1 unspecified atom stereocenters. The molecule has 1 aromatic heterocycles. The third-order valence-corrected chi connectivity index (χ3v) is 3.32. The Kier molecular flexibility index (Phi) is 4.58. The van der Waals surface area contributed by atoms with Crippen LogP contribution in [-0.4, -0.2) is 39.3 Å². The van der Waals surface area contributed by atoms with Gasteiger partial charge in [0, 0.05) is 12.1 Å². The molecular formula is C14H14FN3O5. The zero-order chi connectivity index (χ0) is 17.1. The highest BCUT2D eigenvalue weighted by Crippen LogP contribution is 2.09. The molecule has 0 bridgehead atoms. The summed E-state index contributed by atoms with van der Waals surface area (Å²) in [4.78, 5) is 49.0. The van der Waals surface area contributed by atoms with Crippen molar-refractivity contribution in [3.63, 3.8) is 0 Å². The van der Waals surface area contributed by atoms with Gasteiger partial charge in [-0.25, -0.2) is 14.0 Å². The molecule has 9 heteroatoms. The monoisotopic (exact) mass is 323 g/mol. The van der Waals surface area contributed by atoms with Crippen LogP contribution in [0.3, 0.4) is 0 Å². The van der Waals surface area contributed by atoms with Crippen molar-refractivity contribution in [2.75, 3.05) is 6.67 Å². The molecule has 1 heterocycles. The summed E-state index contributed by atoms with van der Waals surface area (Å²) in [6.07, 6.45) is 0. The Morgan fingerprint density at radius 3 is 2.65 bits per heavy atom. The Balaban J connectivity index is 2.45. The van der Waals surface area contributed by atoms with Gasteiger partial charge in [-0.05, 0) is 25.1 Å². The van der Waals surface area contributed by atoms with Gasteiger partial charge in [0.15, 0.2) is 6.04 Å². The number of aliphatic carboxylic acids is 1. The van der Waals surface area contributed by atoms with Crippen LogP contribution in [0.4, 0.5) is 4.39 Å². The van der Waals surface area contributed by atoms with E-state index in [1.807, 2.05) is 5.32 Å². The first-order valence-corrected chi connectivity index (χ1v) is 6.75. The van der Waals surface area contributed by atoms with Gasteiger partial charge >= 0.3 is 11.7 Å². The number of carboxylic acid groups (broad SMARTS) is 1. The van der Waals surface area contributed by atoms with Crippen molar-refractivity contribution in [2.45, 2.75) is 19.5 Å². The maximum atomic E-state index is 12.5. The minimum atomic E-state index is -1.66. The fourth-order valence-electron chi connectivity index (χ4n) is 2.09. The molecule has 0 aliphatic rings. The maximum absolute atomic E-state index is 12.5. The lowest BCUT2D eigenvalue weighted by Gasteiger charge is -2.11. The van der Waals surface area contributed by atoms with E-state index in [9.17, 15) is 23.6 Å². The summed E-state index contributed by atoms with van der Waals surface area (Å²) in [7, 11) is 0. The van der Waals surface area contributed by atoms with Crippen LogP contribution in [0, 0.1) is 0 Å². The van der Waals surface area contributed by atoms with E-state index in [4.69, 9.17) is 5.11 Å². The predicted octanol–water partition coefficient (Wildman–Crippen LogP) is -0.138. The molecular weight excluding hydrogens is 309 g/mol. The van der Waals surface area contributed by atoms with Crippen LogP contribution in [0.1, 0.15) is 17.3 Å². The Hall–Kier alpha value is -2.97. The summed E-state index contributed by atoms with van der Waals surface area (Å²) in [5.74, 6) is -2.32. The minimum absolute atomic E-state index is 0.00139. The summed E-state index contributed by atoms with van der Waals surface area (Å²) in [5.41, 5.74) is -0.967. The van der Waals surface area contributed by atoms with Crippen molar-refractivity contribution in [3.8, 4) is 0 Å². The van der Waals surface area contributed by atoms with Gasteiger partial charge in [-0.1, -0.05) is 0 Å². The average molecular weight is 323 g/mol. The molecule has 0 saturated carbocycles. The Morgan fingerprint density at radius 2 is 2.09 bits per heavy atom. The number of aromatic amines is 1. The molecule has 1 amide bonds. The molecule has 0 aliphatic heterocycles. The number of carboxylic acids is 1. The number of benzene rings is 1. The third-order valence-electron chi connectivity index (χ3n) is 3.32. The SMILES string of the molecule is CCn1c(=O)[nH]c2cc(C(=O)NC(CF)C(=O)O)ccc2c1=O. The number of nitrogens with one attached hydrogen (secondary N) is 2. The minimum Gasteiger partial charge on any atom is -0.480 e. The van der Waals surface area contributed by atoms with E-state index in [0.29, 0.717) is 0 Å². The molecule has 1 atom stereocenters. The van der Waals surface area contributed by atoms with Crippen LogP contribution in [0.2, 0.25) is 0 Å². The van der Waals surface area contributed by atoms with Gasteiger partial charge in [-0.2, -0.15) is 0 Å². The van der Waals surface area contributed by atoms with E-state index in [1.54, 1.807) is 6.92 Å². The van der Waals surface area contributed by atoms with Crippen LogP contribution in [-0.2, 0) is 11.3 Å². The van der Waals surface area contributed by atoms with Gasteiger partial charge in [0.05, 0.1) is 10.9 Å². The molecule has 0 saturated heterocycles. The molecule has 0 fully saturated rings. The number of H-pyrrole nitrogens is 1. The first-order chi connectivity index (χ1) is 10.9. The lowest BCUT2D eigenvalue weighted by Crippen LogP contribution is -2.42. The topological polar surface area (TPSA) is 121 Å². The smallest absolute Gasteiger partial charge is 0.328 e. The van der Waals surface area contributed by atoms with Gasteiger partial charge in [-0.3, -0.25) is 14.2 Å². The molecule has 23 heavy (non-hydrogen) atoms. The van der Waals surface area contributed by atoms with Gasteiger partial charge in [0.1, 0.15) is 6.67 Å². The van der Waals surface area contributed by atoms with E-state index in [0.717, 1.165) is 4.57 Å². The number of carbonyl (C=O) groups excluding carboxylic acids is 1. The first kappa shape index (κ1) is 16.4. The highest BCUT2D eigenvalue weighted by atomic mass is 19.1. The number of carbonyl (C=O) groups is 2. The van der Waals surface area contributed by atoms with Crippen LogP contribution >= 0.6 is 0 Å². The number of amides is 1. The zero-order valence-electron chi connectivity index (χ0n) is 12.1. The van der Waals surface area contributed by atoms with E-state index in [1.165, 1.54) is 18.2 Å². The predicted molar refractivity (Wildman–Crippen MR) is 79.4 cm³/mol. The highest BCUT2D eigenvalue weighted by molar-refractivity contribution is 5.99. The number of hydrogen-bond acceptors (Lipinski definition) is 4. The molecule has 0 aliphatic carbocycles. The Morgan fingerprint density at radius 1 is 1.39 bits per heavy atom. The van der Waals surface area contributed by atoms with Crippen LogP contribution in [0.5, 0.6) is 0 Å². The lowest BCUT2D eigenvalue weighted by atomic mass is 10.1. The maximum Gasteiger partial charge on any atom is 0.328 e. The molecule has 3 N–H and O–H groups in total. The summed E-state index contributed by atoms with van der Waals surface area (Å²) in [6, 6.07) is 2.23. The summed E-state index contributed by atoms with van der Waals surface area (Å²) >= 11 is 0. The quantitative estimate of drug-likeness (QED) is 0.707. The second-order valence-corrected chi connectivity index (χ2v) is 4.76. The fraction of sp³-hybridized carbons (Fsp3) is 0.286. The highest BCUT2D eigenvalue weighted by Gasteiger charge is 2.20. The largest absolute Gasteiger partial charge is 0.480 e. The van der Waals surface area contributed by atoms with Crippen molar-refractivity contribution in [3.05, 3.63) is 44.6 Å². The standard InChI is InChI=1S/C14H14FN3O5/c1-2-18-12(20)8-4-3-7(5-9(8)17-14(18)23)11(19)16-10(6-15)13(21)22/h3-5,10H,2,6H2,1H3,(H,16,19)(H,17,23)(H,21,22). The fourth-order valence-corrected chi connectivity index (χ4v) is 2.09. The van der Waals surface area contributed by atoms with E-state index >= 15 is 0 Å². The Labute approximate surface area is 128 Å². The van der Waals surface area contributed by atoms with Gasteiger partial charge < -0.3 is 15.4 Å². The first-order valence-electron chi connectivity index (χ1n) is 6.75. The van der Waals surface area contributed by atoms with Crippen molar-refractivity contribution in [2.24, 2.45) is 0 Å². The molecule has 122 valence electrons. The number of rotatable bonds is 5. The second kappa shape index (κ2) is 6.42. The average Bonchev–Trinajstić information content (AvgIpc) is 2.51. The summed E-state index contributed by atoms with van der Waals surface area (Å²) < 4.78 is 13.5. The second-order valence-electron chi connectivity index (χ2n) is 4.76. The van der Waals surface area contributed by atoms with Crippen molar-refractivity contribution in [1.82, 2.24) is 14.9 Å². The van der Waals surface area contributed by atoms with Gasteiger partial charge in [0.25, 0.3) is 11.5 Å². The molecule has 1 aromatic carbocycles. The van der Waals surface area contributed by atoms with E-state index < -0.39 is 35.8 Å². The Bertz CT molecular complexity index is 886. The number of nitrogens with zero attached hydrogens (tertiary/aromatic N) is 1. The van der Waals surface area contributed by atoms with E-state index in [-0.39, 0.29) is 23.0 Å². The van der Waals surface area contributed by atoms with Crippen LogP contribution in [0.25, 0.3) is 10.9 Å². The number of halogens is 1.